The van der Waals surface area contributed by atoms with Gasteiger partial charge < -0.3 is 5.32 Å². The Morgan fingerprint density at radius 3 is 2.52 bits per heavy atom. The predicted octanol–water partition coefficient (Wildman–Crippen LogP) is 4.06. The lowest BCUT2D eigenvalue weighted by Gasteiger charge is -2.43. The molecule has 0 radical (unpaired) electrons. The molecule has 1 N–H and O–H groups in total. The summed E-state index contributed by atoms with van der Waals surface area (Å²) in [6.45, 7) is 8.49. The minimum Gasteiger partial charge on any atom is -0.350 e. The van der Waals surface area contributed by atoms with Crippen LogP contribution in [0.25, 0.3) is 0 Å². The smallest absolute Gasteiger partial charge is 0.251 e. The molecule has 2 unspecified atom stereocenters. The molecule has 1 aliphatic heterocycles. The third-order valence-corrected chi connectivity index (χ3v) is 4.96. The van der Waals surface area contributed by atoms with Gasteiger partial charge in [-0.25, -0.2) is 0 Å². The van der Waals surface area contributed by atoms with Crippen molar-refractivity contribution in [1.29, 1.82) is 0 Å². The van der Waals surface area contributed by atoms with E-state index in [1.165, 1.54) is 11.1 Å². The van der Waals surface area contributed by atoms with E-state index in [4.69, 9.17) is 0 Å². The number of carbonyl (C=O) groups is 1. The Bertz CT molecular complexity index is 711. The van der Waals surface area contributed by atoms with Gasteiger partial charge in [0.1, 0.15) is 0 Å². The zero-order valence-electron chi connectivity index (χ0n) is 15.4. The summed E-state index contributed by atoms with van der Waals surface area (Å²) in [4.78, 5) is 15.0. The van der Waals surface area contributed by atoms with Crippen molar-refractivity contribution >= 4 is 5.91 Å². The standard InChI is InChI=1S/C22H28N2O/c1-16(2)15-24-17(3)13-19-11-7-8-12-20(19)21(24)14-23-22(25)18-9-5-4-6-10-18/h4-12,16-17,21H,13-15H2,1-3H3,(H,23,25). The number of benzene rings is 2. The number of hydrogen-bond acceptors (Lipinski definition) is 2. The number of amides is 1. The molecule has 3 heteroatoms. The lowest BCUT2D eigenvalue weighted by molar-refractivity contribution is 0.0871. The number of fused-ring (bicyclic) bond motifs is 1. The number of nitrogens with one attached hydrogen (secondary N) is 1. The van der Waals surface area contributed by atoms with Crippen LogP contribution in [-0.4, -0.2) is 29.9 Å². The minimum absolute atomic E-state index is 0.000745. The highest BCUT2D eigenvalue weighted by molar-refractivity contribution is 5.94. The molecular formula is C22H28N2O. The van der Waals surface area contributed by atoms with Crippen LogP contribution in [0.4, 0.5) is 0 Å². The average Bonchev–Trinajstić information content (AvgIpc) is 2.61. The van der Waals surface area contributed by atoms with Crippen LogP contribution in [0.2, 0.25) is 0 Å². The minimum atomic E-state index is 0.000745. The summed E-state index contributed by atoms with van der Waals surface area (Å²) in [6.07, 6.45) is 1.08. The molecule has 1 amide bonds. The molecule has 0 fully saturated rings. The fourth-order valence-corrected chi connectivity index (χ4v) is 3.80. The number of hydrogen-bond donors (Lipinski definition) is 1. The zero-order valence-corrected chi connectivity index (χ0v) is 15.4. The third kappa shape index (κ3) is 4.10. The van der Waals surface area contributed by atoms with Crippen LogP contribution in [0.3, 0.4) is 0 Å². The quantitative estimate of drug-likeness (QED) is 0.893. The first-order chi connectivity index (χ1) is 12.1. The van der Waals surface area contributed by atoms with E-state index < -0.39 is 0 Å². The maximum Gasteiger partial charge on any atom is 0.251 e. The molecule has 0 bridgehead atoms. The van der Waals surface area contributed by atoms with E-state index in [1.54, 1.807) is 0 Å². The Morgan fingerprint density at radius 1 is 1.12 bits per heavy atom. The van der Waals surface area contributed by atoms with E-state index in [0.717, 1.165) is 18.5 Å². The molecule has 0 aliphatic carbocycles. The second kappa shape index (κ2) is 7.83. The Balaban J connectivity index is 1.80. The molecule has 1 heterocycles. The summed E-state index contributed by atoms with van der Waals surface area (Å²) in [6, 6.07) is 18.8. The molecule has 0 aromatic heterocycles. The van der Waals surface area contributed by atoms with Gasteiger partial charge in [-0.15, -0.1) is 0 Å². The van der Waals surface area contributed by atoms with Crippen molar-refractivity contribution in [3.8, 4) is 0 Å². The van der Waals surface area contributed by atoms with E-state index in [0.29, 0.717) is 18.5 Å². The largest absolute Gasteiger partial charge is 0.350 e. The van der Waals surface area contributed by atoms with Gasteiger partial charge in [0.2, 0.25) is 0 Å². The average molecular weight is 336 g/mol. The Kier molecular flexibility index (Phi) is 5.54. The fourth-order valence-electron chi connectivity index (χ4n) is 3.80. The highest BCUT2D eigenvalue weighted by Crippen LogP contribution is 2.33. The Labute approximate surface area is 151 Å². The highest BCUT2D eigenvalue weighted by Gasteiger charge is 2.32. The molecule has 1 aliphatic rings. The highest BCUT2D eigenvalue weighted by atomic mass is 16.1. The molecule has 2 atom stereocenters. The van der Waals surface area contributed by atoms with Gasteiger partial charge in [0, 0.05) is 24.7 Å². The molecule has 132 valence electrons. The van der Waals surface area contributed by atoms with Crippen LogP contribution in [0.15, 0.2) is 54.6 Å². The fraction of sp³-hybridized carbons (Fsp3) is 0.409. The van der Waals surface area contributed by atoms with Crippen molar-refractivity contribution in [2.45, 2.75) is 39.3 Å². The molecule has 0 saturated carbocycles. The van der Waals surface area contributed by atoms with Gasteiger partial charge in [-0.2, -0.15) is 0 Å². The van der Waals surface area contributed by atoms with E-state index in [1.807, 2.05) is 30.3 Å². The molecule has 2 aromatic rings. The zero-order chi connectivity index (χ0) is 17.8. The van der Waals surface area contributed by atoms with E-state index in [2.05, 4.69) is 55.3 Å². The molecular weight excluding hydrogens is 308 g/mol. The van der Waals surface area contributed by atoms with Gasteiger partial charge in [-0.3, -0.25) is 9.69 Å². The van der Waals surface area contributed by atoms with Crippen LogP contribution in [0.1, 0.15) is 48.3 Å². The van der Waals surface area contributed by atoms with Gasteiger partial charge in [0.25, 0.3) is 5.91 Å². The van der Waals surface area contributed by atoms with Crippen molar-refractivity contribution in [2.24, 2.45) is 5.92 Å². The lowest BCUT2D eigenvalue weighted by Crippen LogP contribution is -2.48. The third-order valence-electron chi connectivity index (χ3n) is 4.96. The van der Waals surface area contributed by atoms with Gasteiger partial charge >= 0.3 is 0 Å². The Morgan fingerprint density at radius 2 is 1.80 bits per heavy atom. The van der Waals surface area contributed by atoms with E-state index >= 15 is 0 Å². The summed E-state index contributed by atoms with van der Waals surface area (Å²) in [5, 5.41) is 3.15. The van der Waals surface area contributed by atoms with Crippen molar-refractivity contribution < 1.29 is 4.79 Å². The molecule has 25 heavy (non-hydrogen) atoms. The normalized spacial score (nSPS) is 20.3. The molecule has 2 aromatic carbocycles. The molecule has 0 spiro atoms. The Hall–Kier alpha value is -2.13. The van der Waals surface area contributed by atoms with Gasteiger partial charge in [-0.05, 0) is 42.5 Å². The maximum atomic E-state index is 12.5. The first kappa shape index (κ1) is 17.7. The second-order valence-corrected chi connectivity index (χ2v) is 7.43. The van der Waals surface area contributed by atoms with Crippen LogP contribution in [-0.2, 0) is 6.42 Å². The van der Waals surface area contributed by atoms with Gasteiger partial charge in [0.05, 0.1) is 6.04 Å². The van der Waals surface area contributed by atoms with E-state index in [9.17, 15) is 4.79 Å². The van der Waals surface area contributed by atoms with Crippen molar-refractivity contribution in [3.05, 3.63) is 71.3 Å². The van der Waals surface area contributed by atoms with Crippen LogP contribution in [0.5, 0.6) is 0 Å². The van der Waals surface area contributed by atoms with Crippen LogP contribution < -0.4 is 5.32 Å². The van der Waals surface area contributed by atoms with Gasteiger partial charge in [0.15, 0.2) is 0 Å². The molecule has 3 rings (SSSR count). The number of rotatable bonds is 5. The predicted molar refractivity (Wildman–Crippen MR) is 103 cm³/mol. The van der Waals surface area contributed by atoms with Crippen LogP contribution in [0, 0.1) is 5.92 Å². The van der Waals surface area contributed by atoms with Crippen LogP contribution >= 0.6 is 0 Å². The topological polar surface area (TPSA) is 32.3 Å². The second-order valence-electron chi connectivity index (χ2n) is 7.43. The molecule has 0 saturated heterocycles. The first-order valence-electron chi connectivity index (χ1n) is 9.23. The van der Waals surface area contributed by atoms with Gasteiger partial charge in [-0.1, -0.05) is 56.3 Å². The summed E-state index contributed by atoms with van der Waals surface area (Å²) < 4.78 is 0. The first-order valence-corrected chi connectivity index (χ1v) is 9.23. The van der Waals surface area contributed by atoms with E-state index in [-0.39, 0.29) is 11.9 Å². The maximum absolute atomic E-state index is 12.5. The monoisotopic (exact) mass is 336 g/mol. The number of carbonyl (C=O) groups excluding carboxylic acids is 1. The van der Waals surface area contributed by atoms with Crippen molar-refractivity contribution in [1.82, 2.24) is 10.2 Å². The summed E-state index contributed by atoms with van der Waals surface area (Å²) in [5.74, 6) is 0.598. The summed E-state index contributed by atoms with van der Waals surface area (Å²) >= 11 is 0. The SMILES string of the molecule is CC(C)CN1C(C)Cc2ccccc2C1CNC(=O)c1ccccc1. The summed E-state index contributed by atoms with van der Waals surface area (Å²) in [7, 11) is 0. The molecule has 3 nitrogen and oxygen atoms in total. The van der Waals surface area contributed by atoms with Crippen molar-refractivity contribution in [2.75, 3.05) is 13.1 Å². The number of nitrogens with zero attached hydrogens (tertiary/aromatic N) is 1. The van der Waals surface area contributed by atoms with Crippen molar-refractivity contribution in [3.63, 3.8) is 0 Å². The lowest BCUT2D eigenvalue weighted by atomic mass is 9.88. The summed E-state index contributed by atoms with van der Waals surface area (Å²) in [5.41, 5.74) is 3.48.